The Bertz CT molecular complexity index is 1130. The van der Waals surface area contributed by atoms with Crippen molar-refractivity contribution in [1.82, 2.24) is 10.5 Å². The van der Waals surface area contributed by atoms with E-state index in [1.807, 2.05) is 38.1 Å². The predicted octanol–water partition coefficient (Wildman–Crippen LogP) is 4.28. The number of hydrogen-bond donors (Lipinski definition) is 2. The van der Waals surface area contributed by atoms with Crippen molar-refractivity contribution < 1.29 is 33.0 Å². The van der Waals surface area contributed by atoms with Gasteiger partial charge >= 0.3 is 0 Å². The highest BCUT2D eigenvalue weighted by Gasteiger charge is 2.33. The van der Waals surface area contributed by atoms with Gasteiger partial charge in [-0.05, 0) is 54.2 Å². The number of aromatic hydroxyl groups is 1. The first kappa shape index (κ1) is 23.7. The molecule has 0 bridgehead atoms. The fraction of sp³-hybridized carbons (Fsp3) is 0.360. The number of halogens is 1. The molecule has 0 aliphatic carbocycles. The van der Waals surface area contributed by atoms with Crippen LogP contribution in [0, 0.1) is 11.7 Å². The summed E-state index contributed by atoms with van der Waals surface area (Å²) < 4.78 is 35.2. The molecule has 2 atom stereocenters. The van der Waals surface area contributed by atoms with Gasteiger partial charge in [-0.3, -0.25) is 4.79 Å². The van der Waals surface area contributed by atoms with E-state index in [2.05, 4.69) is 10.5 Å². The molecule has 1 aliphatic heterocycles. The molecule has 180 valence electrons. The van der Waals surface area contributed by atoms with Crippen LogP contribution in [0.2, 0.25) is 0 Å². The van der Waals surface area contributed by atoms with Crippen LogP contribution in [0.3, 0.4) is 0 Å². The molecule has 1 amide bonds. The third-order valence-corrected chi connectivity index (χ3v) is 5.74. The second-order valence-electron chi connectivity index (χ2n) is 8.39. The zero-order valence-electron chi connectivity index (χ0n) is 19.2. The fourth-order valence-corrected chi connectivity index (χ4v) is 4.05. The molecule has 4 rings (SSSR count). The van der Waals surface area contributed by atoms with Crippen LogP contribution in [0.1, 0.15) is 36.4 Å². The number of ether oxygens (including phenoxy) is 3. The van der Waals surface area contributed by atoms with Gasteiger partial charge in [0.1, 0.15) is 11.6 Å². The second-order valence-corrected chi connectivity index (χ2v) is 8.39. The Morgan fingerprint density at radius 1 is 1.21 bits per heavy atom. The first-order valence-electron chi connectivity index (χ1n) is 11.0. The van der Waals surface area contributed by atoms with Crippen LogP contribution >= 0.6 is 0 Å². The Labute approximate surface area is 196 Å². The summed E-state index contributed by atoms with van der Waals surface area (Å²) in [6.07, 6.45) is 0.554. The van der Waals surface area contributed by atoms with E-state index in [0.717, 1.165) is 17.2 Å². The lowest BCUT2D eigenvalue weighted by molar-refractivity contribution is -0.391. The molecule has 3 aromatic rings. The highest BCUT2D eigenvalue weighted by Crippen LogP contribution is 2.31. The second kappa shape index (κ2) is 10.2. The summed E-state index contributed by atoms with van der Waals surface area (Å²) in [7, 11) is 1.55. The van der Waals surface area contributed by atoms with Gasteiger partial charge in [-0.1, -0.05) is 31.2 Å². The number of benzene rings is 2. The van der Waals surface area contributed by atoms with Crippen LogP contribution in [-0.2, 0) is 15.9 Å². The molecule has 2 N–H and O–H groups in total. The summed E-state index contributed by atoms with van der Waals surface area (Å²) in [6.45, 7) is 3.82. The van der Waals surface area contributed by atoms with Crippen molar-refractivity contribution in [2.75, 3.05) is 7.11 Å². The number of hydrogen-bond acceptors (Lipinski definition) is 7. The maximum Gasteiger partial charge on any atom is 0.290 e. The maximum atomic E-state index is 13.8. The number of rotatable bonds is 9. The van der Waals surface area contributed by atoms with E-state index in [-0.39, 0.29) is 42.0 Å². The largest absolute Gasteiger partial charge is 0.496 e. The predicted molar refractivity (Wildman–Crippen MR) is 121 cm³/mol. The van der Waals surface area contributed by atoms with Crippen molar-refractivity contribution in [2.45, 2.75) is 45.3 Å². The van der Waals surface area contributed by atoms with Crippen LogP contribution in [0.25, 0.3) is 11.1 Å². The molecule has 34 heavy (non-hydrogen) atoms. The van der Waals surface area contributed by atoms with Gasteiger partial charge in [0, 0.05) is 17.5 Å². The number of amides is 1. The van der Waals surface area contributed by atoms with Crippen molar-refractivity contribution in [1.29, 1.82) is 0 Å². The van der Waals surface area contributed by atoms with E-state index in [1.54, 1.807) is 13.2 Å². The lowest BCUT2D eigenvalue weighted by Crippen LogP contribution is -2.46. The number of aromatic nitrogens is 1. The van der Waals surface area contributed by atoms with Gasteiger partial charge in [0.2, 0.25) is 5.76 Å². The van der Waals surface area contributed by atoms with Crippen LogP contribution in [0.5, 0.6) is 11.6 Å². The standard InChI is InChI=1S/C25H27FN2O6/c1-14(25-32-15(2)33-25)10-19(27-24(30)22-13-23(29)28-34-22)11-16-4-6-17(7-5-16)20-12-18(26)8-9-21(20)31-3/h4-9,12-15,19,25H,10-11H2,1-3H3,(H,27,30)(H,28,29)/t14-,15?,19-,25?/m0/s1. The molecule has 1 aromatic heterocycles. The minimum absolute atomic E-state index is 0.0282. The molecule has 1 saturated heterocycles. The first-order chi connectivity index (χ1) is 16.3. The lowest BCUT2D eigenvalue weighted by Gasteiger charge is -2.38. The van der Waals surface area contributed by atoms with Gasteiger partial charge in [0.25, 0.3) is 11.8 Å². The molecule has 2 aromatic carbocycles. The van der Waals surface area contributed by atoms with E-state index in [4.69, 9.17) is 18.7 Å². The van der Waals surface area contributed by atoms with E-state index in [0.29, 0.717) is 24.2 Å². The quantitative estimate of drug-likeness (QED) is 0.481. The van der Waals surface area contributed by atoms with Crippen LogP contribution < -0.4 is 10.1 Å². The van der Waals surface area contributed by atoms with Gasteiger partial charge in [-0.2, -0.15) is 0 Å². The number of nitrogens with zero attached hydrogens (tertiary/aromatic N) is 1. The molecule has 0 unspecified atom stereocenters. The highest BCUT2D eigenvalue weighted by atomic mass is 19.1. The Morgan fingerprint density at radius 2 is 1.94 bits per heavy atom. The van der Waals surface area contributed by atoms with Gasteiger partial charge in [0.05, 0.1) is 13.2 Å². The highest BCUT2D eigenvalue weighted by molar-refractivity contribution is 5.91. The molecule has 0 radical (unpaired) electrons. The molecule has 1 aliphatic rings. The maximum absolute atomic E-state index is 13.8. The summed E-state index contributed by atoms with van der Waals surface area (Å²) in [4.78, 5) is 12.6. The van der Waals surface area contributed by atoms with Crippen LogP contribution in [0.4, 0.5) is 4.39 Å². The van der Waals surface area contributed by atoms with Crippen molar-refractivity contribution >= 4 is 5.91 Å². The Kier molecular flexibility index (Phi) is 7.14. The summed E-state index contributed by atoms with van der Waals surface area (Å²) in [5.74, 6) is -0.643. The van der Waals surface area contributed by atoms with Gasteiger partial charge in [0.15, 0.2) is 12.6 Å². The third-order valence-electron chi connectivity index (χ3n) is 5.74. The molecular weight excluding hydrogens is 443 g/mol. The summed E-state index contributed by atoms with van der Waals surface area (Å²) in [5.41, 5.74) is 2.45. The molecule has 2 heterocycles. The molecule has 1 fully saturated rings. The van der Waals surface area contributed by atoms with Gasteiger partial charge < -0.3 is 29.2 Å². The summed E-state index contributed by atoms with van der Waals surface area (Å²) >= 11 is 0. The monoisotopic (exact) mass is 470 g/mol. The van der Waals surface area contributed by atoms with E-state index in [1.165, 1.54) is 12.1 Å². The molecule has 9 heteroatoms. The summed E-state index contributed by atoms with van der Waals surface area (Å²) in [6, 6.07) is 12.9. The number of carbonyl (C=O) groups excluding carboxylic acids is 1. The molecule has 0 saturated carbocycles. The van der Waals surface area contributed by atoms with Crippen molar-refractivity contribution in [3.8, 4) is 22.8 Å². The smallest absolute Gasteiger partial charge is 0.290 e. The SMILES string of the molecule is COc1ccc(F)cc1-c1ccc(C[C@H](C[C@H](C)C2OC(C)O2)NC(=O)c2cc(O)no2)cc1. The van der Waals surface area contributed by atoms with Crippen molar-refractivity contribution in [2.24, 2.45) is 5.92 Å². The normalized spacial score (nSPS) is 19.2. The topological polar surface area (TPSA) is 103 Å². The average Bonchev–Trinajstić information content (AvgIpc) is 3.24. The Balaban J connectivity index is 1.49. The zero-order chi connectivity index (χ0) is 24.2. The zero-order valence-corrected chi connectivity index (χ0v) is 19.2. The Hall–Kier alpha value is -3.43. The number of methoxy groups -OCH3 is 1. The molecule has 0 spiro atoms. The van der Waals surface area contributed by atoms with E-state index < -0.39 is 5.91 Å². The van der Waals surface area contributed by atoms with E-state index >= 15 is 0 Å². The van der Waals surface area contributed by atoms with Crippen molar-refractivity contribution in [3.05, 3.63) is 65.7 Å². The third kappa shape index (κ3) is 5.55. The van der Waals surface area contributed by atoms with Crippen molar-refractivity contribution in [3.63, 3.8) is 0 Å². The Morgan fingerprint density at radius 3 is 2.56 bits per heavy atom. The lowest BCUT2D eigenvalue weighted by atomic mass is 9.94. The van der Waals surface area contributed by atoms with Crippen LogP contribution in [-0.4, -0.2) is 41.9 Å². The average molecular weight is 470 g/mol. The fourth-order valence-electron chi connectivity index (χ4n) is 4.05. The molecular formula is C25H27FN2O6. The summed E-state index contributed by atoms with van der Waals surface area (Å²) in [5, 5.41) is 15.7. The van der Waals surface area contributed by atoms with Gasteiger partial charge in [-0.25, -0.2) is 4.39 Å². The number of nitrogens with one attached hydrogen (secondary N) is 1. The van der Waals surface area contributed by atoms with E-state index in [9.17, 15) is 14.3 Å². The van der Waals surface area contributed by atoms with Crippen LogP contribution in [0.15, 0.2) is 53.1 Å². The number of carbonyl (C=O) groups is 1. The first-order valence-corrected chi connectivity index (χ1v) is 11.0. The molecule has 8 nitrogen and oxygen atoms in total. The minimum Gasteiger partial charge on any atom is -0.496 e. The minimum atomic E-state index is -0.477. The van der Waals surface area contributed by atoms with Gasteiger partial charge in [-0.15, -0.1) is 0 Å².